The molecule has 0 saturated carbocycles. The van der Waals surface area contributed by atoms with Crippen molar-refractivity contribution in [2.45, 2.75) is 64.3 Å². The average molecular weight is 281 g/mol. The first-order valence-corrected chi connectivity index (χ1v) is 6.70. The van der Waals surface area contributed by atoms with Gasteiger partial charge in [0.05, 0.1) is 6.61 Å². The Morgan fingerprint density at radius 1 is 1.16 bits per heavy atom. The number of carbonyl (C=O) groups excluding carboxylic acids is 2. The number of hydrogen-bond donors (Lipinski definition) is 1. The van der Waals surface area contributed by atoms with Gasteiger partial charge in [0.2, 0.25) is 0 Å². The van der Waals surface area contributed by atoms with E-state index < -0.39 is 18.0 Å². The number of hydrogen-bond acceptors (Lipinski definition) is 5. The first-order valence-electron chi connectivity index (χ1n) is 6.70. The summed E-state index contributed by atoms with van der Waals surface area (Å²) in [6.45, 7) is 2.53. The zero-order chi connectivity index (χ0) is 13.8. The van der Waals surface area contributed by atoms with Crippen LogP contribution in [0.2, 0.25) is 0 Å². The number of aliphatic carboxylic acids is 1. The van der Waals surface area contributed by atoms with Gasteiger partial charge in [0.1, 0.15) is 6.04 Å². The average Bonchev–Trinajstić information content (AvgIpc) is 2.34. The van der Waals surface area contributed by atoms with Crippen molar-refractivity contribution in [1.82, 2.24) is 0 Å². The van der Waals surface area contributed by atoms with Crippen LogP contribution in [0.15, 0.2) is 0 Å². The van der Waals surface area contributed by atoms with Gasteiger partial charge >= 0.3 is 35.5 Å². The molecular formula is C13H24NNaO4. The second kappa shape index (κ2) is 14.3. The van der Waals surface area contributed by atoms with Crippen molar-refractivity contribution in [2.75, 3.05) is 6.61 Å². The predicted octanol–water partition coefficient (Wildman–Crippen LogP) is -2.25. The van der Waals surface area contributed by atoms with E-state index in [2.05, 4.69) is 6.92 Å². The molecule has 6 heteroatoms. The molecule has 0 spiro atoms. The summed E-state index contributed by atoms with van der Waals surface area (Å²) in [5.74, 6) is -1.72. The zero-order valence-corrected chi connectivity index (χ0v) is 14.2. The van der Waals surface area contributed by atoms with Gasteiger partial charge in [0.25, 0.3) is 0 Å². The maximum absolute atomic E-state index is 11.3. The van der Waals surface area contributed by atoms with Crippen LogP contribution in [-0.4, -0.2) is 24.6 Å². The third-order valence-electron chi connectivity index (χ3n) is 2.70. The van der Waals surface area contributed by atoms with E-state index in [0.717, 1.165) is 19.3 Å². The van der Waals surface area contributed by atoms with Crippen LogP contribution < -0.4 is 40.4 Å². The molecule has 0 aromatic rings. The van der Waals surface area contributed by atoms with Crippen molar-refractivity contribution >= 4 is 11.9 Å². The van der Waals surface area contributed by atoms with Gasteiger partial charge in [-0.05, 0) is 19.3 Å². The summed E-state index contributed by atoms with van der Waals surface area (Å²) >= 11 is 0. The van der Waals surface area contributed by atoms with Gasteiger partial charge in [-0.3, -0.25) is 4.79 Å². The van der Waals surface area contributed by atoms with Crippen molar-refractivity contribution in [1.29, 1.82) is 0 Å². The fraction of sp³-hybridized carbons (Fsp3) is 0.846. The van der Waals surface area contributed by atoms with Crippen molar-refractivity contribution in [3.8, 4) is 0 Å². The third kappa shape index (κ3) is 14.1. The van der Waals surface area contributed by atoms with Crippen LogP contribution in [0, 0.1) is 0 Å². The largest absolute Gasteiger partial charge is 1.00 e. The van der Waals surface area contributed by atoms with E-state index in [1.165, 1.54) is 19.3 Å². The molecule has 0 rings (SSSR count). The van der Waals surface area contributed by atoms with Gasteiger partial charge in [0, 0.05) is 5.97 Å². The molecule has 0 amide bonds. The van der Waals surface area contributed by atoms with E-state index in [1.54, 1.807) is 0 Å². The van der Waals surface area contributed by atoms with E-state index in [9.17, 15) is 14.7 Å². The maximum Gasteiger partial charge on any atom is 1.00 e. The third-order valence-corrected chi connectivity index (χ3v) is 2.70. The number of nitrogens with two attached hydrogens (primary N) is 1. The van der Waals surface area contributed by atoms with Crippen LogP contribution in [0.3, 0.4) is 0 Å². The van der Waals surface area contributed by atoms with E-state index >= 15 is 0 Å². The Morgan fingerprint density at radius 2 is 1.74 bits per heavy atom. The van der Waals surface area contributed by atoms with Crippen LogP contribution in [0.4, 0.5) is 0 Å². The minimum absolute atomic E-state index is 0. The van der Waals surface area contributed by atoms with Gasteiger partial charge < -0.3 is 20.4 Å². The van der Waals surface area contributed by atoms with Gasteiger partial charge in [-0.1, -0.05) is 39.0 Å². The van der Waals surface area contributed by atoms with Crippen LogP contribution in [-0.2, 0) is 14.3 Å². The molecule has 0 heterocycles. The number of unbranched alkanes of at least 4 members (excludes halogenated alkanes) is 5. The summed E-state index contributed by atoms with van der Waals surface area (Å²) in [5, 5.41) is 10.2. The number of esters is 1. The van der Waals surface area contributed by atoms with Gasteiger partial charge in [0.15, 0.2) is 0 Å². The quantitative estimate of drug-likeness (QED) is 0.262. The molecule has 0 aromatic carbocycles. The number of ether oxygens (including phenoxy) is 1. The molecule has 0 aliphatic rings. The molecule has 2 N–H and O–H groups in total. The Hall–Kier alpha value is -0.100. The molecule has 106 valence electrons. The van der Waals surface area contributed by atoms with Gasteiger partial charge in [-0.15, -0.1) is 0 Å². The Bertz CT molecular complexity index is 249. The Morgan fingerprint density at radius 3 is 2.32 bits per heavy atom. The first kappa shape index (κ1) is 21.2. The fourth-order valence-electron chi connectivity index (χ4n) is 1.55. The second-order valence-corrected chi connectivity index (χ2v) is 4.45. The minimum atomic E-state index is -1.20. The summed E-state index contributed by atoms with van der Waals surface area (Å²) in [7, 11) is 0. The van der Waals surface area contributed by atoms with Gasteiger partial charge in [-0.25, -0.2) is 0 Å². The molecule has 19 heavy (non-hydrogen) atoms. The number of rotatable bonds is 11. The summed E-state index contributed by atoms with van der Waals surface area (Å²) < 4.78 is 4.97. The molecule has 1 atom stereocenters. The summed E-state index contributed by atoms with van der Waals surface area (Å²) in [6, 6.07) is -0.858. The number of carboxylic acid groups (broad SMARTS) is 1. The molecular weight excluding hydrogens is 257 g/mol. The molecule has 5 nitrogen and oxygen atoms in total. The molecule has 0 radical (unpaired) electrons. The van der Waals surface area contributed by atoms with E-state index in [4.69, 9.17) is 10.5 Å². The second-order valence-electron chi connectivity index (χ2n) is 4.45. The van der Waals surface area contributed by atoms with E-state index in [1.807, 2.05) is 0 Å². The van der Waals surface area contributed by atoms with Crippen LogP contribution in [0.1, 0.15) is 58.3 Å². The SMILES string of the molecule is CCCCCCCCOC(=O)C(N)CCC(=O)[O-].[Na+]. The Labute approximate surface area is 137 Å². The van der Waals surface area contributed by atoms with Gasteiger partial charge in [-0.2, -0.15) is 0 Å². The molecule has 0 fully saturated rings. The van der Waals surface area contributed by atoms with Crippen LogP contribution in [0.25, 0.3) is 0 Å². The van der Waals surface area contributed by atoms with Crippen molar-refractivity contribution < 1.29 is 49.0 Å². The monoisotopic (exact) mass is 281 g/mol. The first-order chi connectivity index (χ1) is 8.57. The Kier molecular flexibility index (Phi) is 16.0. The molecule has 0 aliphatic heterocycles. The normalized spacial score (nSPS) is 11.5. The minimum Gasteiger partial charge on any atom is -0.550 e. The molecule has 1 unspecified atom stereocenters. The summed E-state index contributed by atoms with van der Waals surface area (Å²) in [5.41, 5.74) is 5.48. The summed E-state index contributed by atoms with van der Waals surface area (Å²) in [6.07, 6.45) is 6.56. The van der Waals surface area contributed by atoms with Crippen molar-refractivity contribution in [3.63, 3.8) is 0 Å². The smallest absolute Gasteiger partial charge is 0.550 e. The topological polar surface area (TPSA) is 92.5 Å². The fourth-order valence-corrected chi connectivity index (χ4v) is 1.55. The molecule has 0 aromatic heterocycles. The van der Waals surface area contributed by atoms with Crippen LogP contribution >= 0.6 is 0 Å². The zero-order valence-electron chi connectivity index (χ0n) is 12.2. The maximum atomic E-state index is 11.3. The van der Waals surface area contributed by atoms with E-state index in [0.29, 0.717) is 6.61 Å². The molecule has 0 aliphatic carbocycles. The number of carbonyl (C=O) groups is 2. The predicted molar refractivity (Wildman–Crippen MR) is 66.6 cm³/mol. The van der Waals surface area contributed by atoms with Crippen molar-refractivity contribution in [2.24, 2.45) is 5.73 Å². The van der Waals surface area contributed by atoms with Crippen molar-refractivity contribution in [3.05, 3.63) is 0 Å². The standard InChI is InChI=1S/C13H25NO4.Na/c1-2-3-4-5-6-7-10-18-13(17)11(14)8-9-12(15)16;/h11H,2-10,14H2,1H3,(H,15,16);/q;+1/p-1. The Balaban J connectivity index is 0. The molecule has 0 bridgehead atoms. The van der Waals surface area contributed by atoms with E-state index in [-0.39, 0.29) is 42.4 Å². The van der Waals surface area contributed by atoms with Crippen LogP contribution in [0.5, 0.6) is 0 Å². The summed E-state index contributed by atoms with van der Waals surface area (Å²) in [4.78, 5) is 21.5. The number of carboxylic acids is 1. The molecule has 0 saturated heterocycles.